The summed E-state index contributed by atoms with van der Waals surface area (Å²) in [6.07, 6.45) is 1.46. The van der Waals surface area contributed by atoms with E-state index in [0.717, 1.165) is 5.56 Å². The summed E-state index contributed by atoms with van der Waals surface area (Å²) in [5.74, 6) is 0.503. The van der Waals surface area contributed by atoms with Crippen molar-refractivity contribution >= 4 is 39.0 Å². The van der Waals surface area contributed by atoms with Gasteiger partial charge >= 0.3 is 5.97 Å². The van der Waals surface area contributed by atoms with E-state index in [1.165, 1.54) is 25.1 Å². The van der Waals surface area contributed by atoms with Crippen LogP contribution >= 0.6 is 15.9 Å². The fourth-order valence-corrected chi connectivity index (χ4v) is 3.76. The minimum Gasteiger partial charge on any atom is -0.493 e. The predicted octanol–water partition coefficient (Wildman–Crippen LogP) is 4.27. The first-order valence-corrected chi connectivity index (χ1v) is 11.0. The van der Waals surface area contributed by atoms with Crippen molar-refractivity contribution in [2.75, 3.05) is 20.8 Å². The Labute approximate surface area is 203 Å². The van der Waals surface area contributed by atoms with Crippen molar-refractivity contribution in [3.8, 4) is 22.9 Å². The summed E-state index contributed by atoms with van der Waals surface area (Å²) in [6, 6.07) is 19.9. The maximum absolute atomic E-state index is 13.4. The summed E-state index contributed by atoms with van der Waals surface area (Å²) >= 11 is 3.44. The Morgan fingerprint density at radius 1 is 1.09 bits per heavy atom. The van der Waals surface area contributed by atoms with E-state index in [0.29, 0.717) is 32.5 Å². The van der Waals surface area contributed by atoms with Crippen molar-refractivity contribution < 1.29 is 19.0 Å². The van der Waals surface area contributed by atoms with Crippen LogP contribution in [0.3, 0.4) is 0 Å². The van der Waals surface area contributed by atoms with Crippen molar-refractivity contribution in [3.05, 3.63) is 87.1 Å². The zero-order valence-electron chi connectivity index (χ0n) is 18.4. The summed E-state index contributed by atoms with van der Waals surface area (Å²) in [7, 11) is 2.76. The molecule has 34 heavy (non-hydrogen) atoms. The molecule has 0 spiro atoms. The van der Waals surface area contributed by atoms with Crippen LogP contribution in [0.4, 0.5) is 0 Å². The summed E-state index contributed by atoms with van der Waals surface area (Å²) < 4.78 is 17.7. The van der Waals surface area contributed by atoms with E-state index in [1.54, 1.807) is 30.3 Å². The zero-order chi connectivity index (χ0) is 24.1. The number of nitrogens with zero attached hydrogens (tertiary/aromatic N) is 3. The lowest BCUT2D eigenvalue weighted by atomic mass is 10.2. The number of ether oxygens (including phenoxy) is 3. The topological polar surface area (TPSA) is 92.0 Å². The number of hydrogen-bond donors (Lipinski definition) is 0. The van der Waals surface area contributed by atoms with Gasteiger partial charge in [-0.2, -0.15) is 9.78 Å². The average Bonchev–Trinajstić information content (AvgIpc) is 2.87. The third kappa shape index (κ3) is 4.84. The van der Waals surface area contributed by atoms with Crippen LogP contribution < -0.4 is 15.0 Å². The molecule has 3 aromatic carbocycles. The molecule has 0 saturated carbocycles. The van der Waals surface area contributed by atoms with E-state index in [9.17, 15) is 9.59 Å². The van der Waals surface area contributed by atoms with Gasteiger partial charge in [0, 0.05) is 15.6 Å². The van der Waals surface area contributed by atoms with E-state index in [4.69, 9.17) is 9.47 Å². The van der Waals surface area contributed by atoms with Gasteiger partial charge in [-0.05, 0) is 24.3 Å². The molecule has 172 valence electrons. The van der Waals surface area contributed by atoms with Crippen LogP contribution in [0.2, 0.25) is 0 Å². The third-order valence-electron chi connectivity index (χ3n) is 4.93. The van der Waals surface area contributed by atoms with Crippen molar-refractivity contribution in [3.63, 3.8) is 0 Å². The number of carbonyl (C=O) groups excluding carboxylic acids is 1. The summed E-state index contributed by atoms with van der Waals surface area (Å²) in [5.41, 5.74) is 1.47. The fourth-order valence-electron chi connectivity index (χ4n) is 3.31. The lowest BCUT2D eigenvalue weighted by Crippen LogP contribution is -2.20. The molecule has 8 nitrogen and oxygen atoms in total. The predicted molar refractivity (Wildman–Crippen MR) is 133 cm³/mol. The number of para-hydroxylation sites is 1. The van der Waals surface area contributed by atoms with Crippen LogP contribution in [0.15, 0.2) is 81.1 Å². The molecule has 0 fully saturated rings. The molecule has 0 radical (unpaired) electrons. The number of benzene rings is 3. The van der Waals surface area contributed by atoms with Gasteiger partial charge in [0.15, 0.2) is 23.9 Å². The lowest BCUT2D eigenvalue weighted by molar-refractivity contribution is -0.142. The molecule has 0 N–H and O–H groups in total. The molecule has 0 aliphatic heterocycles. The van der Waals surface area contributed by atoms with Crippen LogP contribution in [-0.2, 0) is 9.53 Å². The highest BCUT2D eigenvalue weighted by molar-refractivity contribution is 9.10. The molecule has 9 heteroatoms. The van der Waals surface area contributed by atoms with Gasteiger partial charge < -0.3 is 14.2 Å². The Balaban J connectivity index is 1.87. The minimum absolute atomic E-state index is 0.280. The zero-order valence-corrected chi connectivity index (χ0v) is 20.0. The van der Waals surface area contributed by atoms with Gasteiger partial charge in [0.25, 0.3) is 5.56 Å². The van der Waals surface area contributed by atoms with Crippen LogP contribution in [0, 0.1) is 0 Å². The molecule has 0 bridgehead atoms. The largest absolute Gasteiger partial charge is 0.493 e. The molecule has 0 amide bonds. The molecular weight excluding hydrogens is 502 g/mol. The molecule has 4 aromatic rings. The maximum Gasteiger partial charge on any atom is 0.343 e. The molecule has 0 saturated heterocycles. The SMILES string of the molecule is COC(=O)COc1c(C=Nn2c(-c3ccccc3)nc3ccccc3c2=O)cc(Br)cc1OC. The molecular formula is C25H20BrN3O5. The molecule has 1 heterocycles. The second kappa shape index (κ2) is 10.3. The van der Waals surface area contributed by atoms with E-state index in [1.807, 2.05) is 36.4 Å². The Morgan fingerprint density at radius 2 is 1.82 bits per heavy atom. The first kappa shape index (κ1) is 23.2. The molecule has 0 unspecified atom stereocenters. The van der Waals surface area contributed by atoms with Crippen LogP contribution in [0.5, 0.6) is 11.5 Å². The van der Waals surface area contributed by atoms with Crippen molar-refractivity contribution in [2.45, 2.75) is 0 Å². The lowest BCUT2D eigenvalue weighted by Gasteiger charge is -2.14. The highest BCUT2D eigenvalue weighted by Gasteiger charge is 2.16. The monoisotopic (exact) mass is 521 g/mol. The summed E-state index contributed by atoms with van der Waals surface area (Å²) in [4.78, 5) is 29.7. The van der Waals surface area contributed by atoms with Crippen LogP contribution in [-0.4, -0.2) is 42.7 Å². The van der Waals surface area contributed by atoms with E-state index in [-0.39, 0.29) is 17.9 Å². The highest BCUT2D eigenvalue weighted by atomic mass is 79.9. The van der Waals surface area contributed by atoms with Gasteiger partial charge in [-0.3, -0.25) is 4.79 Å². The Hall–Kier alpha value is -3.98. The average molecular weight is 522 g/mol. The van der Waals surface area contributed by atoms with Gasteiger partial charge in [-0.15, -0.1) is 0 Å². The van der Waals surface area contributed by atoms with Crippen molar-refractivity contribution in [1.29, 1.82) is 0 Å². The molecule has 1 aromatic heterocycles. The third-order valence-corrected chi connectivity index (χ3v) is 5.39. The fraction of sp³-hybridized carbons (Fsp3) is 0.120. The second-order valence-corrected chi connectivity index (χ2v) is 7.99. The van der Waals surface area contributed by atoms with Crippen LogP contribution in [0.1, 0.15) is 5.56 Å². The summed E-state index contributed by atoms with van der Waals surface area (Å²) in [6.45, 7) is -0.317. The Morgan fingerprint density at radius 3 is 2.56 bits per heavy atom. The number of esters is 1. The van der Waals surface area contributed by atoms with Gasteiger partial charge in [0.2, 0.25) is 0 Å². The molecule has 0 aliphatic rings. The smallest absolute Gasteiger partial charge is 0.343 e. The van der Waals surface area contributed by atoms with Gasteiger partial charge in [0.05, 0.1) is 31.3 Å². The summed E-state index contributed by atoms with van der Waals surface area (Å²) in [5, 5.41) is 4.91. The molecule has 0 atom stereocenters. The molecule has 0 aliphatic carbocycles. The number of hydrogen-bond acceptors (Lipinski definition) is 7. The van der Waals surface area contributed by atoms with Gasteiger partial charge in [0.1, 0.15) is 0 Å². The van der Waals surface area contributed by atoms with Crippen molar-refractivity contribution in [1.82, 2.24) is 9.66 Å². The number of carbonyl (C=O) groups is 1. The minimum atomic E-state index is -0.547. The second-order valence-electron chi connectivity index (χ2n) is 7.07. The molecule has 4 rings (SSSR count). The number of rotatable bonds is 7. The normalized spacial score (nSPS) is 11.0. The van der Waals surface area contributed by atoms with E-state index >= 15 is 0 Å². The first-order valence-electron chi connectivity index (χ1n) is 10.2. The maximum atomic E-state index is 13.4. The standard InChI is InChI=1S/C25H20BrN3O5/c1-32-21-13-18(26)12-17(23(21)34-15-22(30)33-2)14-27-29-24(16-8-4-3-5-9-16)28-20-11-7-6-10-19(20)25(29)31/h3-14H,15H2,1-2H3. The first-order chi connectivity index (χ1) is 16.5. The van der Waals surface area contributed by atoms with E-state index < -0.39 is 5.97 Å². The number of halogens is 1. The van der Waals surface area contributed by atoms with Gasteiger partial charge in [-0.1, -0.05) is 58.4 Å². The number of aromatic nitrogens is 2. The highest BCUT2D eigenvalue weighted by Crippen LogP contribution is 2.34. The number of methoxy groups -OCH3 is 2. The Bertz CT molecular complexity index is 1430. The van der Waals surface area contributed by atoms with Gasteiger partial charge in [-0.25, -0.2) is 9.78 Å². The van der Waals surface area contributed by atoms with Crippen LogP contribution in [0.25, 0.3) is 22.3 Å². The van der Waals surface area contributed by atoms with Crippen molar-refractivity contribution in [2.24, 2.45) is 5.10 Å². The van der Waals surface area contributed by atoms with E-state index in [2.05, 4.69) is 30.8 Å². The quantitative estimate of drug-likeness (QED) is 0.266. The Kier molecular flexibility index (Phi) is 7.03. The number of fused-ring (bicyclic) bond motifs is 1.